The number of hydrogen-bond donors (Lipinski definition) is 2. The van der Waals surface area contributed by atoms with Gasteiger partial charge >= 0.3 is 0 Å². The van der Waals surface area contributed by atoms with Crippen molar-refractivity contribution in [2.24, 2.45) is 0 Å². The molecule has 9 heteroatoms. The van der Waals surface area contributed by atoms with Gasteiger partial charge in [0.2, 0.25) is 11.8 Å². The van der Waals surface area contributed by atoms with Gasteiger partial charge in [-0.1, -0.05) is 35.8 Å². The summed E-state index contributed by atoms with van der Waals surface area (Å²) in [6.07, 6.45) is 4.13. The number of nitrogens with zero attached hydrogens (tertiary/aromatic N) is 1. The number of fused-ring (bicyclic) bond motifs is 1. The lowest BCUT2D eigenvalue weighted by molar-refractivity contribution is -0.115. The molecule has 1 amide bonds. The number of methoxy groups -OCH3 is 1. The van der Waals surface area contributed by atoms with E-state index >= 15 is 0 Å². The Kier molecular flexibility index (Phi) is 8.79. The summed E-state index contributed by atoms with van der Waals surface area (Å²) < 4.78 is 13.0. The van der Waals surface area contributed by atoms with Crippen LogP contribution in [-0.2, 0) is 4.79 Å². The lowest BCUT2D eigenvalue weighted by Crippen LogP contribution is -2.32. The predicted molar refractivity (Wildman–Crippen MR) is 160 cm³/mol. The van der Waals surface area contributed by atoms with Crippen LogP contribution in [0, 0.1) is 0 Å². The summed E-state index contributed by atoms with van der Waals surface area (Å²) in [5.41, 5.74) is 5.17. The van der Waals surface area contributed by atoms with E-state index in [9.17, 15) is 4.79 Å². The second-order valence-corrected chi connectivity index (χ2v) is 10.6. The van der Waals surface area contributed by atoms with Crippen molar-refractivity contribution in [3.63, 3.8) is 0 Å². The number of anilines is 1. The molecule has 190 valence electrons. The fourth-order valence-corrected chi connectivity index (χ4v) is 5.35. The number of nitrogens with one attached hydrogen (secondary N) is 2. The van der Waals surface area contributed by atoms with Crippen LogP contribution in [-0.4, -0.2) is 23.1 Å². The van der Waals surface area contributed by atoms with Crippen molar-refractivity contribution in [3.8, 4) is 17.2 Å². The van der Waals surface area contributed by atoms with Crippen molar-refractivity contribution in [2.75, 3.05) is 12.4 Å². The molecule has 1 heterocycles. The molecule has 0 aliphatic carbocycles. The van der Waals surface area contributed by atoms with E-state index in [1.54, 1.807) is 13.2 Å². The molecule has 37 heavy (non-hydrogen) atoms. The van der Waals surface area contributed by atoms with Gasteiger partial charge in [0.1, 0.15) is 11.3 Å². The SMILES string of the molecule is CC[C@H](C)c1ccc2oc(-c3ccc(NC(=S)NC(=O)/C=C/c4cc(Br)cc(Br)c4OC)cc3)nc2c1. The van der Waals surface area contributed by atoms with Crippen LogP contribution in [0.1, 0.15) is 37.3 Å². The summed E-state index contributed by atoms with van der Waals surface area (Å²) in [5.74, 6) is 1.29. The molecule has 0 aliphatic rings. The summed E-state index contributed by atoms with van der Waals surface area (Å²) in [7, 11) is 1.57. The Morgan fingerprint density at radius 1 is 1.16 bits per heavy atom. The molecule has 0 saturated heterocycles. The zero-order chi connectivity index (χ0) is 26.5. The molecule has 0 aliphatic heterocycles. The van der Waals surface area contributed by atoms with E-state index in [4.69, 9.17) is 21.4 Å². The van der Waals surface area contributed by atoms with Gasteiger partial charge < -0.3 is 14.5 Å². The minimum Gasteiger partial charge on any atom is -0.495 e. The third-order valence-corrected chi connectivity index (χ3v) is 7.13. The van der Waals surface area contributed by atoms with Gasteiger partial charge in [-0.05, 0) is 101 Å². The van der Waals surface area contributed by atoms with Crippen LogP contribution in [0.15, 0.2) is 74.0 Å². The van der Waals surface area contributed by atoms with Crippen LogP contribution >= 0.6 is 44.1 Å². The van der Waals surface area contributed by atoms with Gasteiger partial charge in [0.15, 0.2) is 10.7 Å². The summed E-state index contributed by atoms with van der Waals surface area (Å²) in [5, 5.41) is 5.85. The van der Waals surface area contributed by atoms with Gasteiger partial charge in [0, 0.05) is 27.4 Å². The molecule has 0 bridgehead atoms. The zero-order valence-electron chi connectivity index (χ0n) is 20.5. The first-order chi connectivity index (χ1) is 17.8. The Hall–Kier alpha value is -3.01. The second kappa shape index (κ2) is 12.0. The van der Waals surface area contributed by atoms with Gasteiger partial charge in [-0.2, -0.15) is 0 Å². The third-order valence-electron chi connectivity index (χ3n) is 5.87. The fourth-order valence-electron chi connectivity index (χ4n) is 3.71. The first-order valence-electron chi connectivity index (χ1n) is 11.6. The van der Waals surface area contributed by atoms with Crippen LogP contribution in [0.25, 0.3) is 28.6 Å². The molecule has 0 saturated carbocycles. The van der Waals surface area contributed by atoms with Gasteiger partial charge in [-0.15, -0.1) is 0 Å². The topological polar surface area (TPSA) is 76.4 Å². The monoisotopic (exact) mass is 641 g/mol. The Balaban J connectivity index is 1.38. The number of amides is 1. The molecule has 0 unspecified atom stereocenters. The highest BCUT2D eigenvalue weighted by Gasteiger charge is 2.12. The maximum atomic E-state index is 12.4. The molecule has 6 nitrogen and oxygen atoms in total. The van der Waals surface area contributed by atoms with Crippen LogP contribution in [0.4, 0.5) is 5.69 Å². The van der Waals surface area contributed by atoms with Gasteiger partial charge in [0.05, 0.1) is 11.6 Å². The van der Waals surface area contributed by atoms with E-state index in [-0.39, 0.29) is 11.0 Å². The smallest absolute Gasteiger partial charge is 0.250 e. The van der Waals surface area contributed by atoms with Crippen LogP contribution in [0.5, 0.6) is 5.75 Å². The van der Waals surface area contributed by atoms with E-state index in [0.29, 0.717) is 17.6 Å². The highest BCUT2D eigenvalue weighted by molar-refractivity contribution is 9.11. The lowest BCUT2D eigenvalue weighted by Gasteiger charge is -2.09. The number of halogens is 2. The molecule has 0 radical (unpaired) electrons. The Labute approximate surface area is 237 Å². The molecule has 0 spiro atoms. The molecule has 4 aromatic rings. The number of aromatic nitrogens is 1. The molecule has 2 N–H and O–H groups in total. The number of rotatable bonds is 7. The van der Waals surface area contributed by atoms with Crippen LogP contribution in [0.3, 0.4) is 0 Å². The lowest BCUT2D eigenvalue weighted by atomic mass is 9.98. The number of ether oxygens (including phenoxy) is 1. The largest absolute Gasteiger partial charge is 0.495 e. The fraction of sp³-hybridized carbons (Fsp3) is 0.179. The Bertz CT molecular complexity index is 1480. The number of oxazole rings is 1. The molecular weight excluding hydrogens is 618 g/mol. The van der Waals surface area contributed by atoms with E-state index in [1.807, 2.05) is 42.5 Å². The first-order valence-corrected chi connectivity index (χ1v) is 13.6. The standard InChI is InChI=1S/C28H25Br2N3O3S/c1-4-16(2)18-7-11-24-23(14-18)32-27(36-24)17-5-9-21(10-6-17)31-28(37)33-25(34)12-8-19-13-20(29)15-22(30)26(19)35-3/h5-16H,4H2,1-3H3,(H2,31,33,34,37)/b12-8+/t16-/m0/s1. The summed E-state index contributed by atoms with van der Waals surface area (Å²) in [6.45, 7) is 4.38. The number of carbonyl (C=O) groups excluding carboxylic acids is 1. The van der Waals surface area contributed by atoms with Crippen molar-refractivity contribution in [3.05, 3.63) is 80.7 Å². The highest BCUT2D eigenvalue weighted by Crippen LogP contribution is 2.33. The summed E-state index contributed by atoms with van der Waals surface area (Å²) in [6, 6.07) is 17.4. The normalized spacial score (nSPS) is 12.0. The minimum absolute atomic E-state index is 0.184. The van der Waals surface area contributed by atoms with E-state index in [1.165, 1.54) is 11.6 Å². The zero-order valence-corrected chi connectivity index (χ0v) is 24.5. The average molecular weight is 643 g/mol. The number of hydrogen-bond acceptors (Lipinski definition) is 5. The van der Waals surface area contributed by atoms with Crippen molar-refractivity contribution in [2.45, 2.75) is 26.2 Å². The van der Waals surface area contributed by atoms with Gasteiger partial charge in [0.25, 0.3) is 0 Å². The maximum absolute atomic E-state index is 12.4. The number of carbonyl (C=O) groups is 1. The molecule has 3 aromatic carbocycles. The average Bonchev–Trinajstić information content (AvgIpc) is 3.30. The van der Waals surface area contributed by atoms with E-state index in [0.717, 1.165) is 43.3 Å². The number of benzene rings is 3. The van der Waals surface area contributed by atoms with Gasteiger partial charge in [-0.3, -0.25) is 10.1 Å². The van der Waals surface area contributed by atoms with Crippen molar-refractivity contribution in [1.29, 1.82) is 0 Å². The van der Waals surface area contributed by atoms with Crippen molar-refractivity contribution in [1.82, 2.24) is 10.3 Å². The highest BCUT2D eigenvalue weighted by atomic mass is 79.9. The third kappa shape index (κ3) is 6.66. The minimum atomic E-state index is -0.365. The molecule has 0 fully saturated rings. The van der Waals surface area contributed by atoms with Crippen LogP contribution < -0.4 is 15.4 Å². The summed E-state index contributed by atoms with van der Waals surface area (Å²) >= 11 is 12.2. The Morgan fingerprint density at radius 2 is 1.92 bits per heavy atom. The van der Waals surface area contributed by atoms with Crippen molar-refractivity contribution < 1.29 is 13.9 Å². The Morgan fingerprint density at radius 3 is 2.62 bits per heavy atom. The summed E-state index contributed by atoms with van der Waals surface area (Å²) in [4.78, 5) is 17.1. The van der Waals surface area contributed by atoms with Crippen LogP contribution in [0.2, 0.25) is 0 Å². The van der Waals surface area contributed by atoms with E-state index < -0.39 is 0 Å². The van der Waals surface area contributed by atoms with Gasteiger partial charge in [-0.25, -0.2) is 4.98 Å². The first kappa shape index (κ1) is 27.0. The second-order valence-electron chi connectivity index (χ2n) is 8.42. The number of thiocarbonyl (C=S) groups is 1. The molecular formula is C28H25Br2N3O3S. The molecule has 1 aromatic heterocycles. The van der Waals surface area contributed by atoms with Crippen molar-refractivity contribution >= 4 is 78.0 Å². The van der Waals surface area contributed by atoms with E-state index in [2.05, 4.69) is 73.5 Å². The predicted octanol–water partition coefficient (Wildman–Crippen LogP) is 8.07. The quantitative estimate of drug-likeness (QED) is 0.157. The molecule has 1 atom stereocenters. The molecule has 4 rings (SSSR count). The maximum Gasteiger partial charge on any atom is 0.250 e.